The van der Waals surface area contributed by atoms with Crippen LogP contribution in [0, 0.1) is 5.82 Å². The Hall–Kier alpha value is -2.01. The zero-order valence-electron chi connectivity index (χ0n) is 10.7. The van der Waals surface area contributed by atoms with Crippen LogP contribution in [0.25, 0.3) is 0 Å². The molecule has 0 aliphatic heterocycles. The summed E-state index contributed by atoms with van der Waals surface area (Å²) in [4.78, 5) is 7.78. The first-order chi connectivity index (χ1) is 9.24. The Morgan fingerprint density at radius 2 is 2.05 bits per heavy atom. The highest BCUT2D eigenvalue weighted by atomic mass is 19.1. The lowest BCUT2D eigenvalue weighted by molar-refractivity contribution is 0.281. The smallest absolute Gasteiger partial charge is 0.186 e. The van der Waals surface area contributed by atoms with Crippen LogP contribution >= 0.6 is 0 Å². The molecule has 0 bridgehead atoms. The first-order valence-corrected chi connectivity index (χ1v) is 6.16. The van der Waals surface area contributed by atoms with Gasteiger partial charge in [-0.05, 0) is 17.5 Å². The highest BCUT2D eigenvalue weighted by Gasteiger charge is 2.08. The molecule has 4 nitrogen and oxygen atoms in total. The van der Waals surface area contributed by atoms with E-state index in [2.05, 4.69) is 15.3 Å². The number of aliphatic hydroxyl groups is 1. The third-order valence-corrected chi connectivity index (χ3v) is 2.83. The van der Waals surface area contributed by atoms with Gasteiger partial charge < -0.3 is 10.4 Å². The Morgan fingerprint density at radius 3 is 2.79 bits per heavy atom. The van der Waals surface area contributed by atoms with Crippen molar-refractivity contribution in [2.45, 2.75) is 26.5 Å². The van der Waals surface area contributed by atoms with Crippen LogP contribution in [-0.4, -0.2) is 15.1 Å². The number of anilines is 1. The van der Waals surface area contributed by atoms with E-state index >= 15 is 0 Å². The third-order valence-electron chi connectivity index (χ3n) is 2.83. The van der Waals surface area contributed by atoms with Crippen LogP contribution in [0.3, 0.4) is 0 Å². The largest absolute Gasteiger partial charge is 0.392 e. The number of rotatable bonds is 5. The minimum atomic E-state index is -0.400. The quantitative estimate of drug-likeness (QED) is 0.867. The normalized spacial score (nSPS) is 10.5. The molecule has 0 aliphatic rings. The maximum atomic E-state index is 13.9. The second kappa shape index (κ2) is 6.24. The third kappa shape index (κ3) is 3.26. The summed E-state index contributed by atoms with van der Waals surface area (Å²) >= 11 is 0. The van der Waals surface area contributed by atoms with Crippen LogP contribution < -0.4 is 5.32 Å². The van der Waals surface area contributed by atoms with Crippen LogP contribution in [0.1, 0.15) is 23.7 Å². The number of hydrogen-bond acceptors (Lipinski definition) is 4. The van der Waals surface area contributed by atoms with Crippen molar-refractivity contribution in [3.8, 4) is 0 Å². The number of nitrogens with zero attached hydrogens (tertiary/aromatic N) is 2. The van der Waals surface area contributed by atoms with Gasteiger partial charge in [-0.2, -0.15) is 0 Å². The van der Waals surface area contributed by atoms with Crippen molar-refractivity contribution >= 4 is 5.82 Å². The molecule has 2 N–H and O–H groups in total. The van der Waals surface area contributed by atoms with Crippen molar-refractivity contribution in [1.29, 1.82) is 0 Å². The summed E-state index contributed by atoms with van der Waals surface area (Å²) < 4.78 is 13.9. The van der Waals surface area contributed by atoms with E-state index in [0.717, 1.165) is 11.1 Å². The first-order valence-electron chi connectivity index (χ1n) is 6.16. The molecule has 0 radical (unpaired) electrons. The van der Waals surface area contributed by atoms with Gasteiger partial charge in [-0.25, -0.2) is 14.4 Å². The molecule has 0 atom stereocenters. The molecule has 0 amide bonds. The number of aliphatic hydroxyl groups excluding tert-OH is 1. The zero-order valence-corrected chi connectivity index (χ0v) is 10.7. The van der Waals surface area contributed by atoms with E-state index in [4.69, 9.17) is 5.11 Å². The Bertz CT molecular complexity index is 560. The fourth-order valence-electron chi connectivity index (χ4n) is 1.80. The van der Waals surface area contributed by atoms with Crippen molar-refractivity contribution in [1.82, 2.24) is 9.97 Å². The minimum absolute atomic E-state index is 0.00427. The van der Waals surface area contributed by atoms with Crippen molar-refractivity contribution in [2.24, 2.45) is 0 Å². The maximum Gasteiger partial charge on any atom is 0.186 e. The summed E-state index contributed by atoms with van der Waals surface area (Å²) in [6.45, 7) is 2.29. The molecule has 0 aliphatic carbocycles. The van der Waals surface area contributed by atoms with Crippen LogP contribution in [0.2, 0.25) is 0 Å². The number of halogens is 1. The maximum absolute atomic E-state index is 13.9. The van der Waals surface area contributed by atoms with Gasteiger partial charge in [0.15, 0.2) is 11.6 Å². The van der Waals surface area contributed by atoms with Gasteiger partial charge in [0.05, 0.1) is 12.3 Å². The Balaban J connectivity index is 2.10. The van der Waals surface area contributed by atoms with Crippen molar-refractivity contribution in [3.05, 3.63) is 53.2 Å². The number of nitrogens with one attached hydrogen (secondary N) is 1. The van der Waals surface area contributed by atoms with Gasteiger partial charge in [-0.3, -0.25) is 0 Å². The van der Waals surface area contributed by atoms with Gasteiger partial charge in [0.25, 0.3) is 0 Å². The van der Waals surface area contributed by atoms with Crippen LogP contribution in [0.15, 0.2) is 30.6 Å². The van der Waals surface area contributed by atoms with Crippen molar-refractivity contribution in [3.63, 3.8) is 0 Å². The van der Waals surface area contributed by atoms with Crippen LogP contribution in [0.5, 0.6) is 0 Å². The molecule has 0 fully saturated rings. The summed E-state index contributed by atoms with van der Waals surface area (Å²) in [5, 5.41) is 12.0. The van der Waals surface area contributed by atoms with E-state index in [1.165, 1.54) is 6.33 Å². The van der Waals surface area contributed by atoms with Gasteiger partial charge in [-0.1, -0.05) is 31.2 Å². The van der Waals surface area contributed by atoms with Gasteiger partial charge in [0, 0.05) is 6.54 Å². The summed E-state index contributed by atoms with van der Waals surface area (Å²) in [6, 6.07) is 7.47. The highest BCUT2D eigenvalue weighted by Crippen LogP contribution is 2.14. The molecule has 0 saturated heterocycles. The van der Waals surface area contributed by atoms with Crippen LogP contribution in [-0.2, 0) is 19.6 Å². The monoisotopic (exact) mass is 261 g/mol. The summed E-state index contributed by atoms with van der Waals surface area (Å²) in [5.41, 5.74) is 2.20. The molecule has 0 saturated carbocycles. The Labute approximate surface area is 111 Å². The molecule has 19 heavy (non-hydrogen) atoms. The molecule has 1 aromatic heterocycles. The predicted molar refractivity (Wildman–Crippen MR) is 71.1 cm³/mol. The SMILES string of the molecule is CCc1ncnc(NCc2cccc(CO)c2)c1F. The molecule has 0 spiro atoms. The molecule has 5 heteroatoms. The van der Waals surface area contributed by atoms with E-state index < -0.39 is 5.82 Å². The lowest BCUT2D eigenvalue weighted by Crippen LogP contribution is -2.07. The molecule has 1 heterocycles. The average Bonchev–Trinajstić information content (AvgIpc) is 2.46. The van der Waals surface area contributed by atoms with E-state index in [-0.39, 0.29) is 12.4 Å². The van der Waals surface area contributed by atoms with Crippen LogP contribution in [0.4, 0.5) is 10.2 Å². The zero-order chi connectivity index (χ0) is 13.7. The minimum Gasteiger partial charge on any atom is -0.392 e. The number of aromatic nitrogens is 2. The van der Waals surface area contributed by atoms with Gasteiger partial charge in [0.1, 0.15) is 6.33 Å². The predicted octanol–water partition coefficient (Wildman–Crippen LogP) is 2.28. The van der Waals surface area contributed by atoms with Gasteiger partial charge >= 0.3 is 0 Å². The van der Waals surface area contributed by atoms with E-state index in [0.29, 0.717) is 18.7 Å². The van der Waals surface area contributed by atoms with E-state index in [1.54, 1.807) is 0 Å². The fraction of sp³-hybridized carbons (Fsp3) is 0.286. The average molecular weight is 261 g/mol. The standard InChI is InChI=1S/C14H16FN3O/c1-2-12-13(15)14(18-9-17-12)16-7-10-4-3-5-11(6-10)8-19/h3-6,9,19H,2,7-8H2,1H3,(H,16,17,18). The second-order valence-corrected chi connectivity index (χ2v) is 4.17. The van der Waals surface area contributed by atoms with Crippen molar-refractivity contribution in [2.75, 3.05) is 5.32 Å². The van der Waals surface area contributed by atoms with Crippen molar-refractivity contribution < 1.29 is 9.50 Å². The van der Waals surface area contributed by atoms with Gasteiger partial charge in [0.2, 0.25) is 0 Å². The fourth-order valence-corrected chi connectivity index (χ4v) is 1.80. The molecule has 2 rings (SSSR count). The summed E-state index contributed by atoms with van der Waals surface area (Å²) in [7, 11) is 0. The molecule has 1 aromatic carbocycles. The molecule has 2 aromatic rings. The first kappa shape index (κ1) is 13.4. The lowest BCUT2D eigenvalue weighted by atomic mass is 10.1. The number of benzene rings is 1. The van der Waals surface area contributed by atoms with E-state index in [9.17, 15) is 4.39 Å². The Morgan fingerprint density at radius 1 is 1.26 bits per heavy atom. The molecular weight excluding hydrogens is 245 g/mol. The summed E-state index contributed by atoms with van der Waals surface area (Å²) in [5.74, 6) is -0.190. The lowest BCUT2D eigenvalue weighted by Gasteiger charge is -2.09. The topological polar surface area (TPSA) is 58.0 Å². The number of hydrogen-bond donors (Lipinski definition) is 2. The second-order valence-electron chi connectivity index (χ2n) is 4.17. The Kier molecular flexibility index (Phi) is 4.41. The summed E-state index contributed by atoms with van der Waals surface area (Å²) in [6.07, 6.45) is 1.89. The molecule has 100 valence electrons. The number of aryl methyl sites for hydroxylation is 1. The van der Waals surface area contributed by atoms with E-state index in [1.807, 2.05) is 31.2 Å². The van der Waals surface area contributed by atoms with Gasteiger partial charge in [-0.15, -0.1) is 0 Å². The highest BCUT2D eigenvalue weighted by molar-refractivity contribution is 5.38. The molecule has 0 unspecified atom stereocenters. The molecular formula is C14H16FN3O.